The van der Waals surface area contributed by atoms with Gasteiger partial charge < -0.3 is 19.1 Å². The molecular weight excluding hydrogens is 350 g/mol. The molecule has 8 nitrogen and oxygen atoms in total. The van der Waals surface area contributed by atoms with E-state index in [-0.39, 0.29) is 32.0 Å². The van der Waals surface area contributed by atoms with Crippen LogP contribution in [0.4, 0.5) is 4.79 Å². The van der Waals surface area contributed by atoms with Crippen molar-refractivity contribution in [2.24, 2.45) is 5.41 Å². The van der Waals surface area contributed by atoms with E-state index in [1.54, 1.807) is 0 Å². The number of halogens is 1. The number of methoxy groups -OCH3 is 1. The molecule has 2 fully saturated rings. The van der Waals surface area contributed by atoms with Gasteiger partial charge >= 0.3 is 12.1 Å². The fourth-order valence-corrected chi connectivity index (χ4v) is 4.59. The predicted octanol–water partition coefficient (Wildman–Crippen LogP) is 0.736. The zero-order valence-corrected chi connectivity index (χ0v) is 14.4. The molecule has 132 valence electrons. The summed E-state index contributed by atoms with van der Waals surface area (Å²) < 4.78 is 38.0. The Labute approximate surface area is 139 Å². The second kappa shape index (κ2) is 7.23. The number of likely N-dealkylation sites (tertiary alicyclic amines) is 1. The highest BCUT2D eigenvalue weighted by molar-refractivity contribution is 8.13. The molecule has 0 N–H and O–H groups in total. The highest BCUT2D eigenvalue weighted by atomic mass is 35.7. The van der Waals surface area contributed by atoms with Crippen LogP contribution in [0, 0.1) is 5.41 Å². The number of amides is 1. The first-order chi connectivity index (χ1) is 10.8. The maximum absolute atomic E-state index is 12.1. The van der Waals surface area contributed by atoms with Crippen LogP contribution in [0.2, 0.25) is 0 Å². The maximum Gasteiger partial charge on any atom is 0.410 e. The van der Waals surface area contributed by atoms with Gasteiger partial charge in [0.2, 0.25) is 9.05 Å². The highest BCUT2D eigenvalue weighted by Gasteiger charge is 2.46. The van der Waals surface area contributed by atoms with Crippen LogP contribution in [0.25, 0.3) is 0 Å². The van der Waals surface area contributed by atoms with Crippen LogP contribution < -0.4 is 0 Å². The summed E-state index contributed by atoms with van der Waals surface area (Å²) in [5.41, 5.74) is -1.22. The van der Waals surface area contributed by atoms with Crippen molar-refractivity contribution in [2.45, 2.75) is 25.4 Å². The fourth-order valence-electron chi connectivity index (χ4n) is 2.89. The van der Waals surface area contributed by atoms with E-state index in [9.17, 15) is 18.0 Å². The second-order valence-electron chi connectivity index (χ2n) is 5.81. The van der Waals surface area contributed by atoms with Crippen molar-refractivity contribution in [3.05, 3.63) is 0 Å². The smallest absolute Gasteiger partial charge is 0.410 e. The Hall–Kier alpha value is -1.06. The lowest BCUT2D eigenvalue weighted by Gasteiger charge is -2.38. The summed E-state index contributed by atoms with van der Waals surface area (Å²) >= 11 is 0. The number of carbonyl (C=O) groups is 2. The first-order valence-electron chi connectivity index (χ1n) is 7.30. The number of nitrogens with zero attached hydrogens (tertiary/aromatic N) is 1. The molecule has 0 aliphatic carbocycles. The molecular formula is C13H20ClNO7S. The van der Waals surface area contributed by atoms with E-state index in [0.29, 0.717) is 19.6 Å². The lowest BCUT2D eigenvalue weighted by molar-refractivity contribution is -0.154. The zero-order chi connectivity index (χ0) is 17.1. The van der Waals surface area contributed by atoms with Gasteiger partial charge in [-0.15, -0.1) is 0 Å². The van der Waals surface area contributed by atoms with Gasteiger partial charge in [-0.1, -0.05) is 0 Å². The quantitative estimate of drug-likeness (QED) is 0.532. The normalized spacial score (nSPS) is 24.3. The van der Waals surface area contributed by atoms with Crippen molar-refractivity contribution < 1.29 is 32.2 Å². The Morgan fingerprint density at radius 1 is 1.35 bits per heavy atom. The molecule has 0 saturated carbocycles. The number of hydrogen-bond donors (Lipinski definition) is 0. The van der Waals surface area contributed by atoms with Crippen LogP contribution >= 0.6 is 10.7 Å². The average molecular weight is 370 g/mol. The van der Waals surface area contributed by atoms with E-state index in [1.807, 2.05) is 0 Å². The third-order valence-corrected chi connectivity index (χ3v) is 5.43. The van der Waals surface area contributed by atoms with Gasteiger partial charge in [0.25, 0.3) is 0 Å². The summed E-state index contributed by atoms with van der Waals surface area (Å²) in [4.78, 5) is 25.6. The lowest BCUT2D eigenvalue weighted by atomic mass is 9.80. The van der Waals surface area contributed by atoms with Gasteiger partial charge in [0, 0.05) is 30.2 Å². The molecule has 0 aromatic carbocycles. The molecule has 1 amide bonds. The molecule has 1 unspecified atom stereocenters. The predicted molar refractivity (Wildman–Crippen MR) is 80.6 cm³/mol. The second-order valence-corrected chi connectivity index (χ2v) is 8.59. The minimum absolute atomic E-state index is 0.155. The molecule has 0 bridgehead atoms. The summed E-state index contributed by atoms with van der Waals surface area (Å²) in [6, 6.07) is 0. The molecule has 0 spiro atoms. The van der Waals surface area contributed by atoms with Crippen LogP contribution in [0.15, 0.2) is 0 Å². The number of ether oxygens (including phenoxy) is 3. The highest BCUT2D eigenvalue weighted by Crippen LogP contribution is 2.35. The van der Waals surface area contributed by atoms with Gasteiger partial charge in [0.05, 0.1) is 31.5 Å². The van der Waals surface area contributed by atoms with Gasteiger partial charge in [-0.2, -0.15) is 0 Å². The van der Waals surface area contributed by atoms with Gasteiger partial charge in [-0.25, -0.2) is 13.2 Å². The zero-order valence-electron chi connectivity index (χ0n) is 12.8. The third kappa shape index (κ3) is 4.71. The van der Waals surface area contributed by atoms with E-state index in [0.717, 1.165) is 0 Å². The molecule has 1 atom stereocenters. The van der Waals surface area contributed by atoms with Crippen LogP contribution in [-0.2, 0) is 28.1 Å². The molecule has 0 aromatic rings. The molecule has 2 aliphatic heterocycles. The van der Waals surface area contributed by atoms with E-state index in [2.05, 4.69) is 0 Å². The first kappa shape index (κ1) is 18.3. The minimum Gasteiger partial charge on any atom is -0.469 e. The number of piperidine rings is 1. The van der Waals surface area contributed by atoms with Crippen molar-refractivity contribution in [3.8, 4) is 0 Å². The van der Waals surface area contributed by atoms with Gasteiger partial charge in [0.15, 0.2) is 0 Å². The molecule has 0 aromatic heterocycles. The first-order valence-corrected chi connectivity index (χ1v) is 9.78. The third-order valence-electron chi connectivity index (χ3n) is 4.20. The van der Waals surface area contributed by atoms with Crippen molar-refractivity contribution in [1.29, 1.82) is 0 Å². The Bertz CT molecular complexity index is 551. The molecule has 2 heterocycles. The molecule has 2 aliphatic rings. The number of esters is 1. The SMILES string of the molecule is COC(=O)C1(CS(=O)(=O)Cl)CCN(C(=O)OC2CCOC2)CC1. The van der Waals surface area contributed by atoms with E-state index < -0.39 is 32.3 Å². The number of rotatable bonds is 4. The Morgan fingerprint density at radius 3 is 2.48 bits per heavy atom. The largest absolute Gasteiger partial charge is 0.469 e. The van der Waals surface area contributed by atoms with Crippen LogP contribution in [0.3, 0.4) is 0 Å². The minimum atomic E-state index is -3.87. The summed E-state index contributed by atoms with van der Waals surface area (Å²) in [7, 11) is 2.64. The summed E-state index contributed by atoms with van der Waals surface area (Å²) in [6.45, 7) is 1.36. The fraction of sp³-hybridized carbons (Fsp3) is 0.846. The Balaban J connectivity index is 1.98. The monoisotopic (exact) mass is 369 g/mol. The molecule has 23 heavy (non-hydrogen) atoms. The maximum atomic E-state index is 12.1. The van der Waals surface area contributed by atoms with Gasteiger partial charge in [-0.05, 0) is 12.8 Å². The molecule has 2 saturated heterocycles. The van der Waals surface area contributed by atoms with Crippen molar-refractivity contribution in [2.75, 3.05) is 39.2 Å². The van der Waals surface area contributed by atoms with Crippen LogP contribution in [-0.4, -0.2) is 70.7 Å². The summed E-state index contributed by atoms with van der Waals surface area (Å²) in [5, 5.41) is 0. The average Bonchev–Trinajstić information content (AvgIpc) is 2.98. The topological polar surface area (TPSA) is 99.2 Å². The summed E-state index contributed by atoms with van der Waals surface area (Å²) in [6.07, 6.45) is 0.241. The van der Waals surface area contributed by atoms with Gasteiger partial charge in [-0.3, -0.25) is 4.79 Å². The molecule has 10 heteroatoms. The molecule has 0 radical (unpaired) electrons. The van der Waals surface area contributed by atoms with E-state index >= 15 is 0 Å². The van der Waals surface area contributed by atoms with Gasteiger partial charge in [0.1, 0.15) is 6.10 Å². The number of hydrogen-bond acceptors (Lipinski definition) is 7. The van der Waals surface area contributed by atoms with Crippen LogP contribution in [0.5, 0.6) is 0 Å². The Morgan fingerprint density at radius 2 is 2.00 bits per heavy atom. The Kier molecular flexibility index (Phi) is 5.74. The van der Waals surface area contributed by atoms with E-state index in [1.165, 1.54) is 12.0 Å². The summed E-state index contributed by atoms with van der Waals surface area (Å²) in [5.74, 6) is -1.13. The lowest BCUT2D eigenvalue weighted by Crippen LogP contribution is -2.50. The van der Waals surface area contributed by atoms with Crippen molar-refractivity contribution >= 4 is 31.8 Å². The molecule has 2 rings (SSSR count). The van der Waals surface area contributed by atoms with Crippen molar-refractivity contribution in [3.63, 3.8) is 0 Å². The van der Waals surface area contributed by atoms with Crippen molar-refractivity contribution in [1.82, 2.24) is 4.90 Å². The van der Waals surface area contributed by atoms with E-state index in [4.69, 9.17) is 24.9 Å². The van der Waals surface area contributed by atoms with Crippen LogP contribution in [0.1, 0.15) is 19.3 Å². The number of carbonyl (C=O) groups excluding carboxylic acids is 2. The standard InChI is InChI=1S/C13H20ClNO7S/c1-20-11(16)13(9-23(14,18)19)3-5-15(6-4-13)12(17)22-10-2-7-21-8-10/h10H,2-9H2,1H3.